The molecule has 0 aromatic carbocycles. The van der Waals surface area contributed by atoms with E-state index in [-0.39, 0.29) is 0 Å². The molecule has 0 radical (unpaired) electrons. The van der Waals surface area contributed by atoms with Gasteiger partial charge in [0.15, 0.2) is 0 Å². The lowest BCUT2D eigenvalue weighted by molar-refractivity contribution is 0.759. The molecular formula is C10H15ClN2. The van der Waals surface area contributed by atoms with Gasteiger partial charge in [0.2, 0.25) is 0 Å². The summed E-state index contributed by atoms with van der Waals surface area (Å²) in [6, 6.07) is 4.36. The summed E-state index contributed by atoms with van der Waals surface area (Å²) in [5, 5.41) is 3.84. The summed E-state index contributed by atoms with van der Waals surface area (Å²) < 4.78 is 0. The number of rotatable bonds is 3. The van der Waals surface area contributed by atoms with Gasteiger partial charge in [0.05, 0.1) is 0 Å². The van der Waals surface area contributed by atoms with E-state index < -0.39 is 0 Å². The van der Waals surface area contributed by atoms with Crippen molar-refractivity contribution >= 4 is 17.4 Å². The second kappa shape index (κ2) is 4.47. The summed E-state index contributed by atoms with van der Waals surface area (Å²) in [6.07, 6.45) is 1.08. The Bertz CT molecular complexity index is 286. The molecule has 0 bridgehead atoms. The fourth-order valence-corrected chi connectivity index (χ4v) is 1.09. The molecule has 1 atom stereocenters. The third kappa shape index (κ3) is 2.88. The number of hydrogen-bond acceptors (Lipinski definition) is 2. The van der Waals surface area contributed by atoms with Crippen LogP contribution in [-0.2, 0) is 0 Å². The lowest BCUT2D eigenvalue weighted by Crippen LogP contribution is -2.14. The fourth-order valence-electron chi connectivity index (χ4n) is 0.939. The van der Waals surface area contributed by atoms with Gasteiger partial charge in [-0.25, -0.2) is 4.98 Å². The largest absolute Gasteiger partial charge is 0.368 e. The van der Waals surface area contributed by atoms with Gasteiger partial charge in [-0.3, -0.25) is 0 Å². The van der Waals surface area contributed by atoms with Gasteiger partial charge in [0, 0.05) is 6.04 Å². The number of aromatic nitrogens is 1. The maximum absolute atomic E-state index is 5.89. The zero-order valence-corrected chi connectivity index (χ0v) is 9.02. The summed E-state index contributed by atoms with van der Waals surface area (Å²) in [5.74, 6) is 0.852. The fraction of sp³-hybridized carbons (Fsp3) is 0.500. The molecule has 13 heavy (non-hydrogen) atoms. The number of nitrogens with one attached hydrogen (secondary N) is 1. The van der Waals surface area contributed by atoms with Crippen LogP contribution in [0.25, 0.3) is 0 Å². The predicted molar refractivity (Wildman–Crippen MR) is 57.4 cm³/mol. The van der Waals surface area contributed by atoms with Crippen LogP contribution in [0.3, 0.4) is 0 Å². The first kappa shape index (κ1) is 10.3. The van der Waals surface area contributed by atoms with Crippen LogP contribution < -0.4 is 5.32 Å². The van der Waals surface area contributed by atoms with Crippen LogP contribution in [0.2, 0.25) is 5.15 Å². The van der Waals surface area contributed by atoms with Gasteiger partial charge in [0.1, 0.15) is 11.0 Å². The van der Waals surface area contributed by atoms with Crippen molar-refractivity contribution in [3.63, 3.8) is 0 Å². The summed E-state index contributed by atoms with van der Waals surface area (Å²) >= 11 is 5.89. The highest BCUT2D eigenvalue weighted by atomic mass is 35.5. The van der Waals surface area contributed by atoms with Crippen LogP contribution in [0.5, 0.6) is 0 Å². The normalized spacial score (nSPS) is 12.6. The molecule has 2 nitrogen and oxygen atoms in total. The van der Waals surface area contributed by atoms with E-state index in [1.807, 2.05) is 19.1 Å². The Morgan fingerprint density at radius 2 is 2.23 bits per heavy atom. The average Bonchev–Trinajstić information content (AvgIpc) is 2.11. The van der Waals surface area contributed by atoms with E-state index in [0.717, 1.165) is 17.8 Å². The van der Waals surface area contributed by atoms with Gasteiger partial charge >= 0.3 is 0 Å². The smallest absolute Gasteiger partial charge is 0.134 e. The van der Waals surface area contributed by atoms with Crippen LogP contribution in [0.15, 0.2) is 12.1 Å². The second-order valence-corrected chi connectivity index (χ2v) is 3.62. The Labute approximate surface area is 84.3 Å². The first-order valence-electron chi connectivity index (χ1n) is 4.53. The number of nitrogens with zero attached hydrogens (tertiary/aromatic N) is 1. The molecule has 0 fully saturated rings. The molecule has 0 aliphatic rings. The molecule has 1 N–H and O–H groups in total. The maximum atomic E-state index is 5.89. The molecular weight excluding hydrogens is 184 g/mol. The first-order valence-corrected chi connectivity index (χ1v) is 4.91. The first-order chi connectivity index (χ1) is 6.13. The highest BCUT2D eigenvalue weighted by molar-refractivity contribution is 6.30. The molecule has 0 amide bonds. The lowest BCUT2D eigenvalue weighted by atomic mass is 10.2. The number of pyridine rings is 1. The van der Waals surface area contributed by atoms with Crippen molar-refractivity contribution in [3.05, 3.63) is 22.8 Å². The van der Waals surface area contributed by atoms with Crippen molar-refractivity contribution in [2.45, 2.75) is 33.2 Å². The van der Waals surface area contributed by atoms with Gasteiger partial charge in [-0.2, -0.15) is 0 Å². The number of anilines is 1. The Hall–Kier alpha value is -0.760. The maximum Gasteiger partial charge on any atom is 0.134 e. The molecule has 0 aliphatic carbocycles. The third-order valence-electron chi connectivity index (χ3n) is 2.04. The lowest BCUT2D eigenvalue weighted by Gasteiger charge is -2.12. The quantitative estimate of drug-likeness (QED) is 0.755. The molecule has 0 spiro atoms. The standard InChI is InChI=1S/C10H15ClN2/c1-4-8(3)12-9-6-5-7(2)10(11)13-9/h5-6,8H,4H2,1-3H3,(H,12,13). The highest BCUT2D eigenvalue weighted by Gasteiger charge is 2.01. The van der Waals surface area contributed by atoms with E-state index >= 15 is 0 Å². The van der Waals surface area contributed by atoms with E-state index in [1.165, 1.54) is 0 Å². The van der Waals surface area contributed by atoms with Gasteiger partial charge in [-0.15, -0.1) is 0 Å². The average molecular weight is 199 g/mol. The van der Waals surface area contributed by atoms with Gasteiger partial charge in [-0.1, -0.05) is 24.6 Å². The minimum atomic E-state index is 0.436. The monoisotopic (exact) mass is 198 g/mol. The molecule has 1 heterocycles. The molecule has 0 aliphatic heterocycles. The van der Waals surface area contributed by atoms with E-state index in [9.17, 15) is 0 Å². The second-order valence-electron chi connectivity index (χ2n) is 3.26. The Kier molecular flexibility index (Phi) is 3.55. The van der Waals surface area contributed by atoms with Crippen LogP contribution in [-0.4, -0.2) is 11.0 Å². The molecule has 1 aromatic rings. The zero-order valence-electron chi connectivity index (χ0n) is 8.26. The van der Waals surface area contributed by atoms with E-state index in [4.69, 9.17) is 11.6 Å². The summed E-state index contributed by atoms with van der Waals surface area (Å²) in [7, 11) is 0. The van der Waals surface area contributed by atoms with Gasteiger partial charge in [-0.05, 0) is 31.9 Å². The predicted octanol–water partition coefficient (Wildman–Crippen LogP) is 3.25. The van der Waals surface area contributed by atoms with Crippen molar-refractivity contribution in [2.75, 3.05) is 5.32 Å². The van der Waals surface area contributed by atoms with Crippen molar-refractivity contribution in [1.29, 1.82) is 0 Å². The minimum Gasteiger partial charge on any atom is -0.368 e. The van der Waals surface area contributed by atoms with Crippen molar-refractivity contribution < 1.29 is 0 Å². The Morgan fingerprint density at radius 1 is 1.54 bits per heavy atom. The van der Waals surface area contributed by atoms with Crippen molar-refractivity contribution in [1.82, 2.24) is 4.98 Å². The summed E-state index contributed by atoms with van der Waals surface area (Å²) in [5.41, 5.74) is 1.01. The highest BCUT2D eigenvalue weighted by Crippen LogP contribution is 2.15. The summed E-state index contributed by atoms with van der Waals surface area (Å²) in [6.45, 7) is 6.20. The number of aryl methyl sites for hydroxylation is 1. The molecule has 0 saturated carbocycles. The molecule has 1 aromatic heterocycles. The molecule has 3 heteroatoms. The third-order valence-corrected chi connectivity index (χ3v) is 2.42. The van der Waals surface area contributed by atoms with E-state index in [1.54, 1.807) is 0 Å². The SMILES string of the molecule is CCC(C)Nc1ccc(C)c(Cl)n1. The van der Waals surface area contributed by atoms with Crippen LogP contribution >= 0.6 is 11.6 Å². The van der Waals surface area contributed by atoms with Gasteiger partial charge in [0.25, 0.3) is 0 Å². The van der Waals surface area contributed by atoms with Gasteiger partial charge < -0.3 is 5.32 Å². The minimum absolute atomic E-state index is 0.436. The van der Waals surface area contributed by atoms with E-state index in [2.05, 4.69) is 24.1 Å². The topological polar surface area (TPSA) is 24.9 Å². The Balaban J connectivity index is 2.73. The summed E-state index contributed by atoms with van der Waals surface area (Å²) in [4.78, 5) is 4.21. The molecule has 1 unspecified atom stereocenters. The van der Waals surface area contributed by atoms with Crippen LogP contribution in [0, 0.1) is 6.92 Å². The van der Waals surface area contributed by atoms with Crippen LogP contribution in [0.4, 0.5) is 5.82 Å². The number of halogens is 1. The van der Waals surface area contributed by atoms with Crippen LogP contribution in [0.1, 0.15) is 25.8 Å². The van der Waals surface area contributed by atoms with Crippen molar-refractivity contribution in [3.8, 4) is 0 Å². The molecule has 1 rings (SSSR count). The Morgan fingerprint density at radius 3 is 2.77 bits per heavy atom. The zero-order chi connectivity index (χ0) is 9.84. The van der Waals surface area contributed by atoms with E-state index in [0.29, 0.717) is 11.2 Å². The van der Waals surface area contributed by atoms with Crippen molar-refractivity contribution in [2.24, 2.45) is 0 Å². The molecule has 0 saturated heterocycles. The molecule has 72 valence electrons. The number of hydrogen-bond donors (Lipinski definition) is 1.